The third-order valence-corrected chi connectivity index (χ3v) is 6.16. The molecule has 0 fully saturated rings. The maximum absolute atomic E-state index is 11.9. The molecule has 0 saturated heterocycles. The maximum atomic E-state index is 11.9. The SMILES string of the molecule is CCCCCCCCCS(=O)(=O)CCCCCCCCC.CCCO. The Morgan fingerprint density at radius 2 is 0.800 bits per heavy atom. The van der Waals surface area contributed by atoms with E-state index in [0.717, 1.165) is 32.1 Å². The van der Waals surface area contributed by atoms with E-state index in [4.69, 9.17) is 5.11 Å². The summed E-state index contributed by atoms with van der Waals surface area (Å²) in [5.41, 5.74) is 0. The van der Waals surface area contributed by atoms with Crippen LogP contribution in [0.25, 0.3) is 0 Å². The van der Waals surface area contributed by atoms with E-state index in [1.807, 2.05) is 6.92 Å². The predicted molar refractivity (Wildman–Crippen MR) is 112 cm³/mol. The minimum Gasteiger partial charge on any atom is -0.396 e. The van der Waals surface area contributed by atoms with Crippen molar-refractivity contribution >= 4 is 9.84 Å². The van der Waals surface area contributed by atoms with Gasteiger partial charge in [0.2, 0.25) is 0 Å². The van der Waals surface area contributed by atoms with Crippen LogP contribution in [0.15, 0.2) is 0 Å². The predicted octanol–water partition coefficient (Wildman–Crippen LogP) is 6.29. The second-order valence-electron chi connectivity index (χ2n) is 7.12. The standard InChI is InChI=1S/C18H38O2S.C3H8O/c1-3-5-7-9-11-13-15-17-21(19,20)18-16-14-12-10-8-6-4-2;1-2-3-4/h3-18H2,1-2H3;4H,2-3H2,1H3. The molecule has 0 amide bonds. The van der Waals surface area contributed by atoms with Gasteiger partial charge in [-0.25, -0.2) is 8.42 Å². The Kier molecular flexibility index (Phi) is 23.8. The van der Waals surface area contributed by atoms with Crippen molar-refractivity contribution in [1.29, 1.82) is 0 Å². The second kappa shape index (κ2) is 22.0. The Balaban J connectivity index is 0. The molecule has 0 heterocycles. The number of unbranched alkanes of at least 4 members (excludes halogenated alkanes) is 12. The van der Waals surface area contributed by atoms with Gasteiger partial charge in [-0.3, -0.25) is 0 Å². The smallest absolute Gasteiger partial charge is 0.150 e. The number of sulfone groups is 1. The van der Waals surface area contributed by atoms with Crippen LogP contribution in [0.2, 0.25) is 0 Å². The van der Waals surface area contributed by atoms with Crippen molar-refractivity contribution in [3.8, 4) is 0 Å². The molecule has 0 unspecified atom stereocenters. The topological polar surface area (TPSA) is 54.4 Å². The molecule has 0 spiro atoms. The quantitative estimate of drug-likeness (QED) is 0.302. The molecule has 0 bridgehead atoms. The van der Waals surface area contributed by atoms with Gasteiger partial charge >= 0.3 is 0 Å². The van der Waals surface area contributed by atoms with Crippen molar-refractivity contribution in [2.45, 2.75) is 117 Å². The van der Waals surface area contributed by atoms with Crippen molar-refractivity contribution in [3.05, 3.63) is 0 Å². The second-order valence-corrected chi connectivity index (χ2v) is 9.42. The lowest BCUT2D eigenvalue weighted by Crippen LogP contribution is -2.11. The van der Waals surface area contributed by atoms with Crippen molar-refractivity contribution in [2.75, 3.05) is 18.1 Å². The van der Waals surface area contributed by atoms with Gasteiger partial charge in [-0.15, -0.1) is 0 Å². The van der Waals surface area contributed by atoms with E-state index in [-0.39, 0.29) is 0 Å². The van der Waals surface area contributed by atoms with Gasteiger partial charge in [0.05, 0.1) is 11.5 Å². The summed E-state index contributed by atoms with van der Waals surface area (Å²) in [6, 6.07) is 0. The van der Waals surface area contributed by atoms with Gasteiger partial charge in [0.1, 0.15) is 9.84 Å². The van der Waals surface area contributed by atoms with Crippen molar-refractivity contribution in [1.82, 2.24) is 0 Å². The zero-order chi connectivity index (χ0) is 19.2. The summed E-state index contributed by atoms with van der Waals surface area (Å²) in [7, 11) is -2.78. The van der Waals surface area contributed by atoms with Crippen molar-refractivity contribution < 1.29 is 13.5 Å². The Morgan fingerprint density at radius 3 is 1.08 bits per heavy atom. The average molecular weight is 379 g/mol. The highest BCUT2D eigenvalue weighted by Gasteiger charge is 2.09. The highest BCUT2D eigenvalue weighted by molar-refractivity contribution is 7.91. The van der Waals surface area contributed by atoms with E-state index in [1.54, 1.807) is 0 Å². The Morgan fingerprint density at radius 1 is 0.520 bits per heavy atom. The van der Waals surface area contributed by atoms with E-state index >= 15 is 0 Å². The van der Waals surface area contributed by atoms with Gasteiger partial charge in [0, 0.05) is 6.61 Å². The molecule has 4 heteroatoms. The van der Waals surface area contributed by atoms with Crippen LogP contribution in [0.1, 0.15) is 117 Å². The zero-order valence-electron chi connectivity index (χ0n) is 17.4. The van der Waals surface area contributed by atoms with Gasteiger partial charge in [-0.1, -0.05) is 97.8 Å². The number of rotatable bonds is 17. The van der Waals surface area contributed by atoms with E-state index in [2.05, 4.69) is 13.8 Å². The van der Waals surface area contributed by atoms with Crippen LogP contribution in [-0.4, -0.2) is 31.6 Å². The third-order valence-electron chi connectivity index (χ3n) is 4.34. The summed E-state index contributed by atoms with van der Waals surface area (Å²) < 4.78 is 23.8. The van der Waals surface area contributed by atoms with Gasteiger partial charge in [-0.2, -0.15) is 0 Å². The van der Waals surface area contributed by atoms with Gasteiger partial charge in [0.25, 0.3) is 0 Å². The number of hydrogen-bond donors (Lipinski definition) is 1. The van der Waals surface area contributed by atoms with Crippen LogP contribution >= 0.6 is 0 Å². The highest BCUT2D eigenvalue weighted by Crippen LogP contribution is 2.11. The number of hydrogen-bond acceptors (Lipinski definition) is 3. The van der Waals surface area contributed by atoms with Crippen LogP contribution in [-0.2, 0) is 9.84 Å². The van der Waals surface area contributed by atoms with E-state index in [1.165, 1.54) is 64.2 Å². The Hall–Kier alpha value is -0.0900. The molecule has 0 aliphatic rings. The van der Waals surface area contributed by atoms with Gasteiger partial charge in [0.15, 0.2) is 0 Å². The molecule has 0 saturated carbocycles. The fraction of sp³-hybridized carbons (Fsp3) is 1.00. The monoisotopic (exact) mass is 378 g/mol. The molecule has 0 radical (unpaired) electrons. The molecule has 0 aliphatic carbocycles. The summed E-state index contributed by atoms with van der Waals surface area (Å²) in [6.45, 7) is 6.69. The molecule has 0 aromatic carbocycles. The molecule has 0 atom stereocenters. The third kappa shape index (κ3) is 26.3. The molecule has 0 aromatic rings. The molecule has 0 rings (SSSR count). The number of aliphatic hydroxyl groups is 1. The molecule has 154 valence electrons. The van der Waals surface area contributed by atoms with Crippen molar-refractivity contribution in [3.63, 3.8) is 0 Å². The van der Waals surface area contributed by atoms with Gasteiger partial charge < -0.3 is 5.11 Å². The van der Waals surface area contributed by atoms with Gasteiger partial charge in [-0.05, 0) is 19.3 Å². The largest absolute Gasteiger partial charge is 0.396 e. The fourth-order valence-electron chi connectivity index (χ4n) is 2.66. The summed E-state index contributed by atoms with van der Waals surface area (Å²) in [6.07, 6.45) is 17.5. The summed E-state index contributed by atoms with van der Waals surface area (Å²) >= 11 is 0. The zero-order valence-corrected chi connectivity index (χ0v) is 18.2. The summed E-state index contributed by atoms with van der Waals surface area (Å²) in [5, 5.41) is 7.88. The van der Waals surface area contributed by atoms with Crippen LogP contribution in [0, 0.1) is 0 Å². The lowest BCUT2D eigenvalue weighted by atomic mass is 10.1. The van der Waals surface area contributed by atoms with Crippen LogP contribution in [0.3, 0.4) is 0 Å². The van der Waals surface area contributed by atoms with Crippen LogP contribution < -0.4 is 0 Å². The van der Waals surface area contributed by atoms with Crippen LogP contribution in [0.4, 0.5) is 0 Å². The highest BCUT2D eigenvalue weighted by atomic mass is 32.2. The number of aliphatic hydroxyl groups excluding tert-OH is 1. The fourth-order valence-corrected chi connectivity index (χ4v) is 4.15. The minimum atomic E-state index is -2.78. The lowest BCUT2D eigenvalue weighted by Gasteiger charge is -2.05. The molecular weight excluding hydrogens is 332 g/mol. The van der Waals surface area contributed by atoms with E-state index in [0.29, 0.717) is 18.1 Å². The lowest BCUT2D eigenvalue weighted by molar-refractivity contribution is 0.295. The maximum Gasteiger partial charge on any atom is 0.150 e. The van der Waals surface area contributed by atoms with E-state index in [9.17, 15) is 8.42 Å². The minimum absolute atomic E-state index is 0.319. The average Bonchev–Trinajstić information content (AvgIpc) is 2.60. The molecular formula is C21H46O3S. The first-order valence-electron chi connectivity index (χ1n) is 10.8. The first-order valence-corrected chi connectivity index (χ1v) is 12.7. The molecule has 0 aromatic heterocycles. The summed E-state index contributed by atoms with van der Waals surface area (Å²) in [4.78, 5) is 0. The normalized spacial score (nSPS) is 11.2. The first kappa shape index (κ1) is 27.1. The van der Waals surface area contributed by atoms with Crippen molar-refractivity contribution in [2.24, 2.45) is 0 Å². The first-order chi connectivity index (χ1) is 12.0. The Labute approximate surface area is 158 Å². The molecule has 0 aliphatic heterocycles. The Bertz CT molecular complexity index is 300. The van der Waals surface area contributed by atoms with E-state index < -0.39 is 9.84 Å². The molecule has 1 N–H and O–H groups in total. The molecule has 25 heavy (non-hydrogen) atoms. The summed E-state index contributed by atoms with van der Waals surface area (Å²) in [5.74, 6) is 0.827. The van der Waals surface area contributed by atoms with Crippen LogP contribution in [0.5, 0.6) is 0 Å². The molecule has 3 nitrogen and oxygen atoms in total.